The summed E-state index contributed by atoms with van der Waals surface area (Å²) in [6.07, 6.45) is 1.28. The van der Waals surface area contributed by atoms with Crippen LogP contribution in [0.15, 0.2) is 6.20 Å². The van der Waals surface area contributed by atoms with Gasteiger partial charge in [-0.1, -0.05) is 25.4 Å². The third-order valence-electron chi connectivity index (χ3n) is 2.30. The zero-order chi connectivity index (χ0) is 14.6. The van der Waals surface area contributed by atoms with Crippen molar-refractivity contribution in [2.24, 2.45) is 5.73 Å². The van der Waals surface area contributed by atoms with Gasteiger partial charge in [0.15, 0.2) is 0 Å². The normalized spacial score (nSPS) is 11.2. The summed E-state index contributed by atoms with van der Waals surface area (Å²) in [6.45, 7) is 1.97. The van der Waals surface area contributed by atoms with E-state index in [0.29, 0.717) is 5.82 Å². The lowest BCUT2D eigenvalue weighted by molar-refractivity contribution is 0.0118. The van der Waals surface area contributed by atoms with E-state index in [1.807, 2.05) is 13.8 Å². The van der Waals surface area contributed by atoms with E-state index in [9.17, 15) is 13.6 Å². The van der Waals surface area contributed by atoms with Crippen LogP contribution >= 0.6 is 24.0 Å². The molecule has 1 rings (SSSR count). The molecule has 0 radical (unpaired) electrons. The Hall–Kier alpha value is -1.05. The number of hydrogen-bond acceptors (Lipinski definition) is 4. The summed E-state index contributed by atoms with van der Waals surface area (Å²) in [5.41, 5.74) is 4.75. The van der Waals surface area contributed by atoms with Crippen molar-refractivity contribution in [3.8, 4) is 0 Å². The molecule has 1 aromatic heterocycles. The van der Waals surface area contributed by atoms with Crippen LogP contribution < -0.4 is 11.1 Å². The first-order valence-electron chi connectivity index (χ1n) is 5.65. The van der Waals surface area contributed by atoms with Crippen molar-refractivity contribution in [1.29, 1.82) is 0 Å². The highest BCUT2D eigenvalue weighted by Crippen LogP contribution is 2.16. The van der Waals surface area contributed by atoms with E-state index in [2.05, 4.69) is 15.3 Å². The Balaban J connectivity index is 0.00000361. The molecule has 0 bridgehead atoms. The maximum absolute atomic E-state index is 12.9. The first-order valence-corrected chi connectivity index (χ1v) is 6.03. The molecule has 1 aromatic rings. The molecule has 20 heavy (non-hydrogen) atoms. The molecule has 0 aliphatic carbocycles. The molecule has 0 aliphatic heterocycles. The number of amides is 1. The number of aromatic nitrogens is 2. The van der Waals surface area contributed by atoms with Gasteiger partial charge in [-0.05, 0) is 0 Å². The molecule has 3 N–H and O–H groups in total. The van der Waals surface area contributed by atoms with Crippen molar-refractivity contribution >= 4 is 29.9 Å². The highest BCUT2D eigenvalue weighted by Gasteiger charge is 2.28. The summed E-state index contributed by atoms with van der Waals surface area (Å²) in [4.78, 5) is 19.7. The highest BCUT2D eigenvalue weighted by molar-refractivity contribution is 6.33. The number of nitrogens with one attached hydrogen (secondary N) is 1. The van der Waals surface area contributed by atoms with Gasteiger partial charge < -0.3 is 11.1 Å². The van der Waals surface area contributed by atoms with Gasteiger partial charge in [0.25, 0.3) is 11.8 Å². The molecule has 0 aliphatic rings. The summed E-state index contributed by atoms with van der Waals surface area (Å²) < 4.78 is 25.9. The van der Waals surface area contributed by atoms with Crippen molar-refractivity contribution in [1.82, 2.24) is 15.3 Å². The van der Waals surface area contributed by atoms with Crippen LogP contribution in [0.25, 0.3) is 0 Å². The Morgan fingerprint density at radius 3 is 2.65 bits per heavy atom. The van der Waals surface area contributed by atoms with Crippen LogP contribution in [0.2, 0.25) is 5.02 Å². The van der Waals surface area contributed by atoms with Crippen LogP contribution in [0.3, 0.4) is 0 Å². The zero-order valence-corrected chi connectivity index (χ0v) is 12.6. The molecule has 114 valence electrons. The summed E-state index contributed by atoms with van der Waals surface area (Å²) >= 11 is 5.78. The quantitative estimate of drug-likeness (QED) is 0.866. The Labute approximate surface area is 126 Å². The van der Waals surface area contributed by atoms with Crippen LogP contribution in [0.1, 0.15) is 36.1 Å². The first-order chi connectivity index (χ1) is 8.76. The molecular weight excluding hydrogens is 313 g/mol. The number of carbonyl (C=O) groups is 1. The van der Waals surface area contributed by atoms with Crippen molar-refractivity contribution in [2.45, 2.75) is 25.7 Å². The van der Waals surface area contributed by atoms with E-state index in [1.165, 1.54) is 6.20 Å². The minimum absolute atomic E-state index is 0. The van der Waals surface area contributed by atoms with Gasteiger partial charge in [-0.25, -0.2) is 18.7 Å². The van der Waals surface area contributed by atoms with E-state index in [-0.39, 0.29) is 29.0 Å². The topological polar surface area (TPSA) is 80.9 Å². The molecule has 1 amide bonds. The monoisotopic (exact) mass is 328 g/mol. The Morgan fingerprint density at radius 1 is 1.55 bits per heavy atom. The Bertz CT molecular complexity index is 472. The average Bonchev–Trinajstić information content (AvgIpc) is 2.36. The van der Waals surface area contributed by atoms with Gasteiger partial charge in [0, 0.05) is 5.92 Å². The largest absolute Gasteiger partial charge is 0.345 e. The summed E-state index contributed by atoms with van der Waals surface area (Å²) in [5.74, 6) is -3.52. The van der Waals surface area contributed by atoms with E-state index in [0.717, 1.165) is 0 Å². The number of rotatable bonds is 5. The fraction of sp³-hybridized carbons (Fsp3) is 0.545. The van der Waals surface area contributed by atoms with E-state index in [1.54, 1.807) is 0 Å². The highest BCUT2D eigenvalue weighted by atomic mass is 35.5. The van der Waals surface area contributed by atoms with Crippen LogP contribution in [-0.2, 0) is 0 Å². The number of hydrogen-bond donors (Lipinski definition) is 2. The standard InChI is InChI=1S/C11H15ClF2N4O.ClH/c1-6(2)9-16-3-7(12)8(18-9)10(19)17-5-11(13,14)4-15;/h3,6H,4-5,15H2,1-2H3,(H,17,19);1H. The number of halogens is 4. The summed E-state index contributed by atoms with van der Waals surface area (Å²) in [5, 5.41) is 2.07. The first kappa shape index (κ1) is 18.9. The molecule has 0 fully saturated rings. The fourth-order valence-corrected chi connectivity index (χ4v) is 1.36. The molecule has 0 saturated heterocycles. The predicted molar refractivity (Wildman–Crippen MR) is 74.7 cm³/mol. The molecule has 0 aromatic carbocycles. The van der Waals surface area contributed by atoms with Gasteiger partial charge in [0.2, 0.25) is 0 Å². The summed E-state index contributed by atoms with van der Waals surface area (Å²) in [6, 6.07) is 0. The van der Waals surface area contributed by atoms with Crippen LogP contribution in [0.4, 0.5) is 8.78 Å². The lowest BCUT2D eigenvalue weighted by atomic mass is 10.2. The predicted octanol–water partition coefficient (Wildman–Crippen LogP) is 2.00. The lowest BCUT2D eigenvalue weighted by Gasteiger charge is -2.15. The van der Waals surface area contributed by atoms with Crippen molar-refractivity contribution in [2.75, 3.05) is 13.1 Å². The third-order valence-corrected chi connectivity index (χ3v) is 2.58. The molecule has 0 unspecified atom stereocenters. The van der Waals surface area contributed by atoms with Gasteiger partial charge in [0.1, 0.15) is 11.5 Å². The van der Waals surface area contributed by atoms with E-state index < -0.39 is 24.9 Å². The van der Waals surface area contributed by atoms with Crippen molar-refractivity contribution in [3.05, 3.63) is 22.7 Å². The summed E-state index contributed by atoms with van der Waals surface area (Å²) in [7, 11) is 0. The number of nitrogens with two attached hydrogens (primary N) is 1. The second-order valence-corrected chi connectivity index (χ2v) is 4.73. The minimum atomic E-state index is -3.16. The number of carbonyl (C=O) groups excluding carboxylic acids is 1. The van der Waals surface area contributed by atoms with Crippen LogP contribution in [0.5, 0.6) is 0 Å². The van der Waals surface area contributed by atoms with Gasteiger partial charge in [-0.3, -0.25) is 4.79 Å². The molecule has 0 atom stereocenters. The zero-order valence-electron chi connectivity index (χ0n) is 11.0. The minimum Gasteiger partial charge on any atom is -0.345 e. The Kier molecular flexibility index (Phi) is 7.26. The molecule has 1 heterocycles. The average molecular weight is 329 g/mol. The molecular formula is C11H16Cl2F2N4O. The van der Waals surface area contributed by atoms with Crippen LogP contribution in [0, 0.1) is 0 Å². The van der Waals surface area contributed by atoms with Gasteiger partial charge >= 0.3 is 0 Å². The van der Waals surface area contributed by atoms with Crippen LogP contribution in [-0.4, -0.2) is 34.9 Å². The third kappa shape index (κ3) is 5.15. The fourth-order valence-electron chi connectivity index (χ4n) is 1.18. The number of nitrogens with zero attached hydrogens (tertiary/aromatic N) is 2. The lowest BCUT2D eigenvalue weighted by Crippen LogP contribution is -2.41. The van der Waals surface area contributed by atoms with Gasteiger partial charge in [-0.15, -0.1) is 12.4 Å². The molecule has 9 heteroatoms. The SMILES string of the molecule is CC(C)c1ncc(Cl)c(C(=O)NCC(F)(F)CN)n1.Cl. The van der Waals surface area contributed by atoms with Crippen molar-refractivity contribution in [3.63, 3.8) is 0 Å². The maximum atomic E-state index is 12.9. The smallest absolute Gasteiger partial charge is 0.277 e. The van der Waals surface area contributed by atoms with Crippen molar-refractivity contribution < 1.29 is 13.6 Å². The van der Waals surface area contributed by atoms with E-state index in [4.69, 9.17) is 17.3 Å². The second-order valence-electron chi connectivity index (χ2n) is 4.32. The number of alkyl halides is 2. The van der Waals surface area contributed by atoms with E-state index >= 15 is 0 Å². The molecule has 5 nitrogen and oxygen atoms in total. The Morgan fingerprint density at radius 2 is 2.15 bits per heavy atom. The van der Waals surface area contributed by atoms with Gasteiger partial charge in [0.05, 0.1) is 24.3 Å². The second kappa shape index (κ2) is 7.66. The molecule has 0 saturated carbocycles. The maximum Gasteiger partial charge on any atom is 0.277 e. The van der Waals surface area contributed by atoms with Gasteiger partial charge in [-0.2, -0.15) is 0 Å². The molecule has 0 spiro atoms.